The molecule has 1 N–H and O–H groups in total. The highest BCUT2D eigenvalue weighted by Gasteiger charge is 2.21. The number of nitrogens with zero attached hydrogens (tertiary/aromatic N) is 1. The zero-order valence-electron chi connectivity index (χ0n) is 15.6. The molecule has 1 aliphatic rings. The minimum absolute atomic E-state index is 0.124. The van der Waals surface area contributed by atoms with Gasteiger partial charge in [0.05, 0.1) is 0 Å². The van der Waals surface area contributed by atoms with E-state index in [9.17, 15) is 4.79 Å². The van der Waals surface area contributed by atoms with Gasteiger partial charge in [-0.2, -0.15) is 0 Å². The van der Waals surface area contributed by atoms with Crippen LogP contribution in [0.3, 0.4) is 0 Å². The number of hydrogen-bond donors (Lipinski definition) is 1. The molecule has 2 heterocycles. The maximum Gasteiger partial charge on any atom is 0.254 e. The summed E-state index contributed by atoms with van der Waals surface area (Å²) in [5.41, 5.74) is 8.19. The van der Waals surface area contributed by atoms with Crippen LogP contribution in [0, 0.1) is 20.8 Å². The van der Waals surface area contributed by atoms with Gasteiger partial charge in [0.1, 0.15) is 0 Å². The van der Waals surface area contributed by atoms with Crippen LogP contribution in [-0.2, 0) is 0 Å². The second-order valence-corrected chi connectivity index (χ2v) is 7.20. The molecule has 0 atom stereocenters. The number of aromatic nitrogens is 1. The summed E-state index contributed by atoms with van der Waals surface area (Å²) in [7, 11) is 0. The Kier molecular flexibility index (Phi) is 4.15. The van der Waals surface area contributed by atoms with Gasteiger partial charge in [0, 0.05) is 40.8 Å². The molecule has 0 unspecified atom stereocenters. The summed E-state index contributed by atoms with van der Waals surface area (Å²) in [5.74, 6) is 0.124. The van der Waals surface area contributed by atoms with Crippen LogP contribution in [0.25, 0.3) is 16.5 Å². The van der Waals surface area contributed by atoms with Crippen molar-refractivity contribution in [3.63, 3.8) is 0 Å². The normalized spacial score (nSPS) is 14.6. The Morgan fingerprint density at radius 3 is 2.58 bits per heavy atom. The van der Waals surface area contributed by atoms with Crippen molar-refractivity contribution in [1.82, 2.24) is 9.88 Å². The molecule has 1 aliphatic heterocycles. The summed E-state index contributed by atoms with van der Waals surface area (Å²) >= 11 is 0. The lowest BCUT2D eigenvalue weighted by Crippen LogP contribution is -2.34. The minimum Gasteiger partial charge on any atom is -0.358 e. The number of para-hydroxylation sites is 1. The zero-order chi connectivity index (χ0) is 18.3. The molecule has 2 aromatic carbocycles. The third kappa shape index (κ3) is 2.84. The van der Waals surface area contributed by atoms with Crippen LogP contribution in [-0.4, -0.2) is 28.9 Å². The molecule has 0 bridgehead atoms. The average Bonchev–Trinajstić information content (AvgIpc) is 2.99. The van der Waals surface area contributed by atoms with E-state index >= 15 is 0 Å². The molecule has 0 spiro atoms. The highest BCUT2D eigenvalue weighted by molar-refractivity contribution is 5.97. The van der Waals surface area contributed by atoms with Gasteiger partial charge in [0.15, 0.2) is 0 Å². The molecule has 3 aromatic rings. The van der Waals surface area contributed by atoms with Crippen molar-refractivity contribution in [1.29, 1.82) is 0 Å². The molecule has 0 saturated heterocycles. The van der Waals surface area contributed by atoms with Crippen molar-refractivity contribution in [2.45, 2.75) is 27.2 Å². The van der Waals surface area contributed by atoms with Gasteiger partial charge in [-0.3, -0.25) is 4.79 Å². The first-order valence-corrected chi connectivity index (χ1v) is 9.18. The van der Waals surface area contributed by atoms with Crippen LogP contribution in [0.5, 0.6) is 0 Å². The SMILES string of the molecule is Cc1ccc(C(=O)N2CC=C(c3c(C)[nH]c4ccccc34)CC2)cc1C. The fourth-order valence-electron chi connectivity index (χ4n) is 3.83. The monoisotopic (exact) mass is 344 g/mol. The van der Waals surface area contributed by atoms with Gasteiger partial charge in [-0.1, -0.05) is 30.3 Å². The molecular formula is C23H24N2O. The van der Waals surface area contributed by atoms with Gasteiger partial charge in [0.2, 0.25) is 0 Å². The Balaban J connectivity index is 1.59. The van der Waals surface area contributed by atoms with E-state index < -0.39 is 0 Å². The number of amides is 1. The van der Waals surface area contributed by atoms with Crippen molar-refractivity contribution in [3.8, 4) is 0 Å². The first-order chi connectivity index (χ1) is 12.5. The molecule has 1 amide bonds. The molecule has 0 aliphatic carbocycles. The van der Waals surface area contributed by atoms with Crippen molar-refractivity contribution in [3.05, 3.63) is 76.5 Å². The molecule has 3 nitrogen and oxygen atoms in total. The summed E-state index contributed by atoms with van der Waals surface area (Å²) in [6.07, 6.45) is 3.10. The van der Waals surface area contributed by atoms with Gasteiger partial charge < -0.3 is 9.88 Å². The molecular weight excluding hydrogens is 320 g/mol. The summed E-state index contributed by atoms with van der Waals surface area (Å²) < 4.78 is 0. The zero-order valence-corrected chi connectivity index (χ0v) is 15.6. The van der Waals surface area contributed by atoms with Crippen LogP contribution in [0.4, 0.5) is 0 Å². The van der Waals surface area contributed by atoms with Gasteiger partial charge in [-0.25, -0.2) is 0 Å². The van der Waals surface area contributed by atoms with Crippen LogP contribution < -0.4 is 0 Å². The molecule has 1 aromatic heterocycles. The number of carbonyl (C=O) groups is 1. The van der Waals surface area contributed by atoms with Gasteiger partial charge >= 0.3 is 0 Å². The fraction of sp³-hybridized carbons (Fsp3) is 0.261. The Labute approximate surface area is 154 Å². The lowest BCUT2D eigenvalue weighted by atomic mass is 9.96. The van der Waals surface area contributed by atoms with E-state index in [1.165, 1.54) is 38.9 Å². The van der Waals surface area contributed by atoms with Crippen molar-refractivity contribution < 1.29 is 4.79 Å². The van der Waals surface area contributed by atoms with Gasteiger partial charge in [-0.15, -0.1) is 0 Å². The number of hydrogen-bond acceptors (Lipinski definition) is 1. The Morgan fingerprint density at radius 1 is 1.04 bits per heavy atom. The van der Waals surface area contributed by atoms with Crippen molar-refractivity contribution in [2.24, 2.45) is 0 Å². The van der Waals surface area contributed by atoms with Crippen molar-refractivity contribution in [2.75, 3.05) is 13.1 Å². The first kappa shape index (κ1) is 16.6. The van der Waals surface area contributed by atoms with Gasteiger partial charge in [-0.05, 0) is 62.1 Å². The Hall–Kier alpha value is -2.81. The standard InChI is InChI=1S/C23H24N2O/c1-15-8-9-19(14-16(15)2)23(26)25-12-10-18(11-13-25)22-17(3)24-21-7-5-4-6-20(21)22/h4-10,14,24H,11-13H2,1-3H3. The smallest absolute Gasteiger partial charge is 0.254 e. The maximum atomic E-state index is 12.8. The number of H-pyrrole nitrogens is 1. The minimum atomic E-state index is 0.124. The van der Waals surface area contributed by atoms with Crippen molar-refractivity contribution >= 4 is 22.4 Å². The molecule has 0 fully saturated rings. The quantitative estimate of drug-likeness (QED) is 0.696. The topological polar surface area (TPSA) is 36.1 Å². The largest absolute Gasteiger partial charge is 0.358 e. The van der Waals surface area contributed by atoms with Crippen LogP contribution in [0.1, 0.15) is 39.2 Å². The highest BCUT2D eigenvalue weighted by atomic mass is 16.2. The molecule has 132 valence electrons. The molecule has 26 heavy (non-hydrogen) atoms. The van der Waals surface area contributed by atoms with E-state index in [2.05, 4.69) is 56.1 Å². The summed E-state index contributed by atoms with van der Waals surface area (Å²) in [6, 6.07) is 14.4. The van der Waals surface area contributed by atoms with Gasteiger partial charge in [0.25, 0.3) is 5.91 Å². The van der Waals surface area contributed by atoms with E-state index in [-0.39, 0.29) is 5.91 Å². The fourth-order valence-corrected chi connectivity index (χ4v) is 3.83. The second-order valence-electron chi connectivity index (χ2n) is 7.20. The van der Waals surface area contributed by atoms with E-state index in [1.807, 2.05) is 23.1 Å². The third-order valence-corrected chi connectivity index (χ3v) is 5.46. The Bertz CT molecular complexity index is 1030. The average molecular weight is 344 g/mol. The van der Waals surface area contributed by atoms with Crippen LogP contribution in [0.2, 0.25) is 0 Å². The number of nitrogens with one attached hydrogen (secondary N) is 1. The summed E-state index contributed by atoms with van der Waals surface area (Å²) in [5, 5.41) is 1.27. The highest BCUT2D eigenvalue weighted by Crippen LogP contribution is 2.32. The number of aromatic amines is 1. The number of rotatable bonds is 2. The number of fused-ring (bicyclic) bond motifs is 1. The van der Waals surface area contributed by atoms with E-state index in [0.717, 1.165) is 18.5 Å². The maximum absolute atomic E-state index is 12.8. The number of benzene rings is 2. The lowest BCUT2D eigenvalue weighted by molar-refractivity contribution is 0.0773. The molecule has 0 saturated carbocycles. The molecule has 3 heteroatoms. The molecule has 4 rings (SSSR count). The van der Waals surface area contributed by atoms with E-state index in [1.54, 1.807) is 0 Å². The second kappa shape index (κ2) is 6.49. The number of carbonyl (C=O) groups excluding carboxylic acids is 1. The molecule has 0 radical (unpaired) electrons. The van der Waals surface area contributed by atoms with E-state index in [0.29, 0.717) is 6.54 Å². The lowest BCUT2D eigenvalue weighted by Gasteiger charge is -2.27. The summed E-state index contributed by atoms with van der Waals surface area (Å²) in [4.78, 5) is 18.2. The number of aryl methyl sites for hydroxylation is 3. The Morgan fingerprint density at radius 2 is 1.85 bits per heavy atom. The summed E-state index contributed by atoms with van der Waals surface area (Å²) in [6.45, 7) is 7.68. The third-order valence-electron chi connectivity index (χ3n) is 5.46. The van der Waals surface area contributed by atoms with E-state index in [4.69, 9.17) is 0 Å². The first-order valence-electron chi connectivity index (χ1n) is 9.18. The predicted octanol–water partition coefficient (Wildman–Crippen LogP) is 5.02. The van der Waals surface area contributed by atoms with Crippen LogP contribution in [0.15, 0.2) is 48.5 Å². The van der Waals surface area contributed by atoms with Crippen LogP contribution >= 0.6 is 0 Å². The predicted molar refractivity (Wildman–Crippen MR) is 107 cm³/mol.